The second-order valence-corrected chi connectivity index (χ2v) is 8.14. The van der Waals surface area contributed by atoms with Gasteiger partial charge in [0.25, 0.3) is 0 Å². The molecule has 3 unspecified atom stereocenters. The molecular weight excluding hydrogens is 264 g/mol. The third-order valence-electron chi connectivity index (χ3n) is 5.10. The molecule has 3 heteroatoms. The summed E-state index contributed by atoms with van der Waals surface area (Å²) < 4.78 is 0. The number of aromatic nitrogens is 1. The van der Waals surface area contributed by atoms with Crippen LogP contribution in [0.2, 0.25) is 0 Å². The highest BCUT2D eigenvalue weighted by Crippen LogP contribution is 2.39. The van der Waals surface area contributed by atoms with Gasteiger partial charge in [0.15, 0.2) is 0 Å². The van der Waals surface area contributed by atoms with Crippen molar-refractivity contribution in [3.8, 4) is 0 Å². The first-order chi connectivity index (χ1) is 9.51. The molecule has 1 aliphatic rings. The Labute approximate surface area is 128 Å². The molecule has 1 heterocycles. The first kappa shape index (κ1) is 16.0. The van der Waals surface area contributed by atoms with Crippen molar-refractivity contribution in [3.63, 3.8) is 0 Å². The highest BCUT2D eigenvalue weighted by atomic mass is 32.1. The Balaban J connectivity index is 2.06. The van der Waals surface area contributed by atoms with Gasteiger partial charge < -0.3 is 5.32 Å². The fourth-order valence-electron chi connectivity index (χ4n) is 3.60. The van der Waals surface area contributed by atoms with Gasteiger partial charge in [-0.2, -0.15) is 0 Å². The zero-order chi connectivity index (χ0) is 14.7. The Morgan fingerprint density at radius 2 is 2.00 bits per heavy atom. The lowest BCUT2D eigenvalue weighted by Gasteiger charge is -2.37. The van der Waals surface area contributed by atoms with Gasteiger partial charge in [0.1, 0.15) is 0 Å². The molecule has 1 aliphatic carbocycles. The molecular formula is C17H30N2S. The van der Waals surface area contributed by atoms with Crippen molar-refractivity contribution >= 4 is 11.3 Å². The molecule has 1 N–H and O–H groups in total. The predicted octanol–water partition coefficient (Wildman–Crippen LogP) is 4.21. The first-order valence-corrected chi connectivity index (χ1v) is 8.90. The van der Waals surface area contributed by atoms with Gasteiger partial charge in [0.2, 0.25) is 0 Å². The van der Waals surface area contributed by atoms with Crippen LogP contribution in [0.1, 0.15) is 48.7 Å². The SMILES string of the molecule is CNCC1CCC(C(C)C)CC1Cc1nc(C)c(C)s1. The van der Waals surface area contributed by atoms with Crippen molar-refractivity contribution in [2.45, 2.75) is 53.4 Å². The standard InChI is InChI=1S/C17H30N2S/c1-11(2)14-6-7-15(10-18-5)16(8-14)9-17-19-12(3)13(4)20-17/h11,14-16,18H,6-10H2,1-5H3. The van der Waals surface area contributed by atoms with E-state index in [9.17, 15) is 0 Å². The molecule has 20 heavy (non-hydrogen) atoms. The van der Waals surface area contributed by atoms with Crippen LogP contribution in [0.15, 0.2) is 0 Å². The van der Waals surface area contributed by atoms with E-state index >= 15 is 0 Å². The topological polar surface area (TPSA) is 24.9 Å². The Kier molecular flexibility index (Phi) is 5.62. The van der Waals surface area contributed by atoms with E-state index in [1.54, 1.807) is 0 Å². The number of hydrogen-bond acceptors (Lipinski definition) is 3. The number of nitrogens with one attached hydrogen (secondary N) is 1. The van der Waals surface area contributed by atoms with Crippen LogP contribution < -0.4 is 5.32 Å². The van der Waals surface area contributed by atoms with Gasteiger partial charge in [-0.3, -0.25) is 0 Å². The van der Waals surface area contributed by atoms with Crippen molar-refractivity contribution < 1.29 is 0 Å². The predicted molar refractivity (Wildman–Crippen MR) is 88.4 cm³/mol. The highest BCUT2D eigenvalue weighted by Gasteiger charge is 2.32. The molecule has 0 radical (unpaired) electrons. The Hall–Kier alpha value is -0.410. The second-order valence-electron chi connectivity index (χ2n) is 6.85. The summed E-state index contributed by atoms with van der Waals surface area (Å²) in [5.41, 5.74) is 1.23. The first-order valence-electron chi connectivity index (χ1n) is 8.08. The average molecular weight is 295 g/mol. The molecule has 0 aromatic carbocycles. The van der Waals surface area contributed by atoms with Gasteiger partial charge in [-0.05, 0) is 70.4 Å². The molecule has 0 amide bonds. The van der Waals surface area contributed by atoms with Gasteiger partial charge in [-0.25, -0.2) is 4.98 Å². The molecule has 0 aliphatic heterocycles. The van der Waals surface area contributed by atoms with E-state index < -0.39 is 0 Å². The number of thiazole rings is 1. The fraction of sp³-hybridized carbons (Fsp3) is 0.824. The maximum absolute atomic E-state index is 4.77. The summed E-state index contributed by atoms with van der Waals surface area (Å²) in [6.45, 7) is 10.3. The van der Waals surface area contributed by atoms with E-state index in [0.717, 1.165) is 23.7 Å². The van der Waals surface area contributed by atoms with E-state index in [4.69, 9.17) is 4.98 Å². The Bertz CT molecular complexity index is 405. The van der Waals surface area contributed by atoms with E-state index in [1.165, 1.54) is 47.8 Å². The summed E-state index contributed by atoms with van der Waals surface area (Å²) in [6, 6.07) is 0. The van der Waals surface area contributed by atoms with Crippen LogP contribution in [0.25, 0.3) is 0 Å². The number of aryl methyl sites for hydroxylation is 2. The molecule has 0 saturated heterocycles. The molecule has 0 spiro atoms. The molecule has 1 aromatic heterocycles. The van der Waals surface area contributed by atoms with Crippen molar-refractivity contribution in [2.75, 3.05) is 13.6 Å². The number of hydrogen-bond donors (Lipinski definition) is 1. The lowest BCUT2D eigenvalue weighted by molar-refractivity contribution is 0.146. The Morgan fingerprint density at radius 1 is 1.25 bits per heavy atom. The van der Waals surface area contributed by atoms with Gasteiger partial charge in [-0.15, -0.1) is 11.3 Å². The van der Waals surface area contributed by atoms with Crippen LogP contribution in [0.4, 0.5) is 0 Å². The summed E-state index contributed by atoms with van der Waals surface area (Å²) >= 11 is 1.91. The molecule has 2 nitrogen and oxygen atoms in total. The minimum Gasteiger partial charge on any atom is -0.319 e. The minimum absolute atomic E-state index is 0.813. The van der Waals surface area contributed by atoms with Crippen LogP contribution in [0.5, 0.6) is 0 Å². The molecule has 3 atom stereocenters. The third-order valence-corrected chi connectivity index (χ3v) is 6.19. The largest absolute Gasteiger partial charge is 0.319 e. The zero-order valence-electron chi connectivity index (χ0n) is 13.7. The number of rotatable bonds is 5. The molecule has 114 valence electrons. The Morgan fingerprint density at radius 3 is 2.55 bits per heavy atom. The summed E-state index contributed by atoms with van der Waals surface area (Å²) in [4.78, 5) is 6.16. The van der Waals surface area contributed by atoms with Gasteiger partial charge in [-0.1, -0.05) is 13.8 Å². The van der Waals surface area contributed by atoms with Crippen molar-refractivity contribution in [2.24, 2.45) is 23.7 Å². The second kappa shape index (κ2) is 7.04. The zero-order valence-corrected chi connectivity index (χ0v) is 14.5. The maximum Gasteiger partial charge on any atom is 0.0933 e. The maximum atomic E-state index is 4.77. The van der Waals surface area contributed by atoms with Crippen molar-refractivity contribution in [1.82, 2.24) is 10.3 Å². The van der Waals surface area contributed by atoms with E-state index in [0.29, 0.717) is 0 Å². The summed E-state index contributed by atoms with van der Waals surface area (Å²) in [5.74, 6) is 3.39. The lowest BCUT2D eigenvalue weighted by atomic mass is 9.69. The molecule has 2 rings (SSSR count). The van der Waals surface area contributed by atoms with Gasteiger partial charge in [0.05, 0.1) is 10.7 Å². The van der Waals surface area contributed by atoms with Crippen LogP contribution >= 0.6 is 11.3 Å². The highest BCUT2D eigenvalue weighted by molar-refractivity contribution is 7.11. The van der Waals surface area contributed by atoms with Crippen LogP contribution in [-0.2, 0) is 6.42 Å². The van der Waals surface area contributed by atoms with E-state index in [-0.39, 0.29) is 0 Å². The lowest BCUT2D eigenvalue weighted by Crippen LogP contribution is -2.34. The molecule has 1 saturated carbocycles. The monoisotopic (exact) mass is 294 g/mol. The minimum atomic E-state index is 0.813. The normalized spacial score (nSPS) is 27.2. The van der Waals surface area contributed by atoms with Crippen LogP contribution in [-0.4, -0.2) is 18.6 Å². The van der Waals surface area contributed by atoms with Crippen molar-refractivity contribution in [3.05, 3.63) is 15.6 Å². The smallest absolute Gasteiger partial charge is 0.0933 e. The van der Waals surface area contributed by atoms with Gasteiger partial charge >= 0.3 is 0 Å². The summed E-state index contributed by atoms with van der Waals surface area (Å²) in [7, 11) is 2.09. The summed E-state index contributed by atoms with van der Waals surface area (Å²) in [6.07, 6.45) is 5.38. The van der Waals surface area contributed by atoms with Crippen molar-refractivity contribution in [1.29, 1.82) is 0 Å². The quantitative estimate of drug-likeness (QED) is 0.880. The van der Waals surface area contributed by atoms with Gasteiger partial charge in [0, 0.05) is 11.3 Å². The summed E-state index contributed by atoms with van der Waals surface area (Å²) in [5, 5.41) is 4.75. The third kappa shape index (κ3) is 3.82. The molecule has 0 bridgehead atoms. The van der Waals surface area contributed by atoms with Crippen LogP contribution in [0.3, 0.4) is 0 Å². The van der Waals surface area contributed by atoms with E-state index in [1.807, 2.05) is 11.3 Å². The fourth-order valence-corrected chi connectivity index (χ4v) is 4.63. The average Bonchev–Trinajstić information content (AvgIpc) is 2.70. The number of nitrogens with zero attached hydrogens (tertiary/aromatic N) is 1. The van der Waals surface area contributed by atoms with Crippen LogP contribution in [0, 0.1) is 37.5 Å². The van der Waals surface area contributed by atoms with E-state index in [2.05, 4.69) is 40.1 Å². The molecule has 1 aromatic rings. The molecule has 1 fully saturated rings.